The van der Waals surface area contributed by atoms with Crippen LogP contribution < -0.4 is 4.90 Å². The minimum atomic E-state index is -0.779. The second-order valence-corrected chi connectivity index (χ2v) is 4.31. The lowest BCUT2D eigenvalue weighted by Crippen LogP contribution is -2.46. The summed E-state index contributed by atoms with van der Waals surface area (Å²) in [6.07, 6.45) is 0.119. The van der Waals surface area contributed by atoms with Gasteiger partial charge in [0.15, 0.2) is 0 Å². The zero-order valence-electron chi connectivity index (χ0n) is 9.93. The number of morpholine rings is 1. The predicted molar refractivity (Wildman–Crippen MR) is 65.4 cm³/mol. The second kappa shape index (κ2) is 5.19. The van der Waals surface area contributed by atoms with E-state index in [0.29, 0.717) is 13.2 Å². The number of anilines is 1. The molecule has 0 amide bonds. The minimum Gasteiger partial charge on any atom is -0.481 e. The smallest absolute Gasteiger partial charge is 0.305 e. The van der Waals surface area contributed by atoms with Crippen molar-refractivity contribution >= 4 is 11.7 Å². The van der Waals surface area contributed by atoms with Gasteiger partial charge in [-0.1, -0.05) is 18.2 Å². The first-order valence-corrected chi connectivity index (χ1v) is 5.80. The number of benzene rings is 1. The summed E-state index contributed by atoms with van der Waals surface area (Å²) < 4.78 is 5.37. The van der Waals surface area contributed by atoms with Gasteiger partial charge in [0.05, 0.1) is 25.7 Å². The molecule has 0 spiro atoms. The van der Waals surface area contributed by atoms with Gasteiger partial charge in [-0.3, -0.25) is 4.79 Å². The van der Waals surface area contributed by atoms with Crippen molar-refractivity contribution in [1.29, 1.82) is 0 Å². The fourth-order valence-electron chi connectivity index (χ4n) is 2.23. The highest BCUT2D eigenvalue weighted by molar-refractivity contribution is 5.69. The lowest BCUT2D eigenvalue weighted by molar-refractivity contribution is -0.138. The van der Waals surface area contributed by atoms with Gasteiger partial charge in [0, 0.05) is 12.2 Å². The van der Waals surface area contributed by atoms with E-state index in [9.17, 15) is 4.79 Å². The molecule has 0 aliphatic carbocycles. The van der Waals surface area contributed by atoms with E-state index in [1.807, 2.05) is 31.2 Å². The molecule has 1 aromatic carbocycles. The van der Waals surface area contributed by atoms with Crippen molar-refractivity contribution in [3.63, 3.8) is 0 Å². The largest absolute Gasteiger partial charge is 0.481 e. The van der Waals surface area contributed by atoms with Crippen molar-refractivity contribution in [3.8, 4) is 0 Å². The molecule has 0 aromatic heterocycles. The van der Waals surface area contributed by atoms with E-state index in [1.165, 1.54) is 5.56 Å². The number of carboxylic acids is 1. The lowest BCUT2D eigenvalue weighted by atomic mass is 10.1. The van der Waals surface area contributed by atoms with Crippen LogP contribution in [0.4, 0.5) is 5.69 Å². The molecule has 1 atom stereocenters. The third-order valence-corrected chi connectivity index (χ3v) is 3.06. The molecule has 1 aliphatic heterocycles. The van der Waals surface area contributed by atoms with Gasteiger partial charge in [-0.25, -0.2) is 0 Å². The standard InChI is InChI=1S/C13H17NO3/c1-10-4-2-3-5-12(10)14-6-7-17-9-11(14)8-13(15)16/h2-5,11H,6-9H2,1H3,(H,15,16). The Hall–Kier alpha value is -1.55. The molecule has 1 fully saturated rings. The molecule has 2 rings (SSSR count). The Morgan fingerprint density at radius 3 is 3.00 bits per heavy atom. The van der Waals surface area contributed by atoms with Crippen molar-refractivity contribution in [2.24, 2.45) is 0 Å². The van der Waals surface area contributed by atoms with Crippen LogP contribution in [0.5, 0.6) is 0 Å². The highest BCUT2D eigenvalue weighted by Crippen LogP contribution is 2.24. The fourth-order valence-corrected chi connectivity index (χ4v) is 2.23. The molecular formula is C13H17NO3. The maximum atomic E-state index is 10.8. The number of ether oxygens (including phenoxy) is 1. The molecule has 1 saturated heterocycles. The molecular weight excluding hydrogens is 218 g/mol. The fraction of sp³-hybridized carbons (Fsp3) is 0.462. The van der Waals surface area contributed by atoms with E-state index in [2.05, 4.69) is 4.90 Å². The zero-order chi connectivity index (χ0) is 12.3. The van der Waals surface area contributed by atoms with Crippen LogP contribution in [0.25, 0.3) is 0 Å². The summed E-state index contributed by atoms with van der Waals surface area (Å²) in [5, 5.41) is 8.92. The average molecular weight is 235 g/mol. The molecule has 0 radical (unpaired) electrons. The number of para-hydroxylation sites is 1. The highest BCUT2D eigenvalue weighted by atomic mass is 16.5. The van der Waals surface area contributed by atoms with E-state index in [1.54, 1.807) is 0 Å². The summed E-state index contributed by atoms with van der Waals surface area (Å²) in [6, 6.07) is 7.99. The second-order valence-electron chi connectivity index (χ2n) is 4.31. The van der Waals surface area contributed by atoms with Crippen LogP contribution in [-0.2, 0) is 9.53 Å². The molecule has 4 heteroatoms. The van der Waals surface area contributed by atoms with E-state index < -0.39 is 5.97 Å². The number of nitrogens with zero attached hydrogens (tertiary/aromatic N) is 1. The van der Waals surface area contributed by atoms with E-state index in [0.717, 1.165) is 12.2 Å². The Labute approximate surface area is 101 Å². The first-order valence-electron chi connectivity index (χ1n) is 5.80. The molecule has 92 valence electrons. The Kier molecular flexibility index (Phi) is 3.64. The summed E-state index contributed by atoms with van der Waals surface area (Å²) in [5.41, 5.74) is 2.28. The molecule has 0 bridgehead atoms. The molecule has 1 aromatic rings. The van der Waals surface area contributed by atoms with E-state index in [4.69, 9.17) is 9.84 Å². The van der Waals surface area contributed by atoms with Gasteiger partial charge in [-0.15, -0.1) is 0 Å². The Morgan fingerprint density at radius 2 is 2.29 bits per heavy atom. The van der Waals surface area contributed by atoms with Crippen molar-refractivity contribution < 1.29 is 14.6 Å². The monoisotopic (exact) mass is 235 g/mol. The maximum Gasteiger partial charge on any atom is 0.305 e. The van der Waals surface area contributed by atoms with Crippen LogP contribution in [-0.4, -0.2) is 36.9 Å². The third kappa shape index (κ3) is 2.77. The summed E-state index contributed by atoms with van der Waals surface area (Å²) >= 11 is 0. The van der Waals surface area contributed by atoms with Gasteiger partial charge in [-0.2, -0.15) is 0 Å². The number of rotatable bonds is 3. The molecule has 17 heavy (non-hydrogen) atoms. The summed E-state index contributed by atoms with van der Waals surface area (Å²) in [6.45, 7) is 3.94. The van der Waals surface area contributed by atoms with Gasteiger partial charge < -0.3 is 14.7 Å². The SMILES string of the molecule is Cc1ccccc1N1CCOCC1CC(=O)O. The Balaban J connectivity index is 2.21. The predicted octanol–water partition coefficient (Wildman–Crippen LogP) is 1.67. The van der Waals surface area contributed by atoms with Gasteiger partial charge in [0.1, 0.15) is 0 Å². The highest BCUT2D eigenvalue weighted by Gasteiger charge is 2.26. The van der Waals surface area contributed by atoms with Gasteiger partial charge in [0.2, 0.25) is 0 Å². The van der Waals surface area contributed by atoms with Crippen LogP contribution >= 0.6 is 0 Å². The molecule has 1 N–H and O–H groups in total. The third-order valence-electron chi connectivity index (χ3n) is 3.06. The van der Waals surface area contributed by atoms with Crippen molar-refractivity contribution in [2.45, 2.75) is 19.4 Å². The van der Waals surface area contributed by atoms with Crippen LogP contribution in [0.15, 0.2) is 24.3 Å². The van der Waals surface area contributed by atoms with Crippen LogP contribution in [0.2, 0.25) is 0 Å². The van der Waals surface area contributed by atoms with Crippen LogP contribution in [0.1, 0.15) is 12.0 Å². The lowest BCUT2D eigenvalue weighted by Gasteiger charge is -2.37. The number of hydrogen-bond acceptors (Lipinski definition) is 3. The van der Waals surface area contributed by atoms with Gasteiger partial charge in [0.25, 0.3) is 0 Å². The van der Waals surface area contributed by atoms with E-state index in [-0.39, 0.29) is 12.5 Å². The van der Waals surface area contributed by atoms with Crippen molar-refractivity contribution in [1.82, 2.24) is 0 Å². The molecule has 1 aliphatic rings. The molecule has 1 unspecified atom stereocenters. The van der Waals surface area contributed by atoms with Crippen LogP contribution in [0.3, 0.4) is 0 Å². The maximum absolute atomic E-state index is 10.8. The Morgan fingerprint density at radius 1 is 1.53 bits per heavy atom. The first-order chi connectivity index (χ1) is 8.18. The summed E-state index contributed by atoms with van der Waals surface area (Å²) in [5.74, 6) is -0.779. The minimum absolute atomic E-state index is 0.0673. The molecule has 1 heterocycles. The zero-order valence-corrected chi connectivity index (χ0v) is 9.93. The van der Waals surface area contributed by atoms with Crippen molar-refractivity contribution in [2.75, 3.05) is 24.7 Å². The van der Waals surface area contributed by atoms with Crippen LogP contribution in [0, 0.1) is 6.92 Å². The molecule has 0 saturated carbocycles. The number of carbonyl (C=O) groups is 1. The Bertz CT molecular complexity index is 405. The normalized spacial score (nSPS) is 20.3. The number of carboxylic acid groups (broad SMARTS) is 1. The average Bonchev–Trinajstić information content (AvgIpc) is 2.30. The van der Waals surface area contributed by atoms with Crippen molar-refractivity contribution in [3.05, 3.63) is 29.8 Å². The molecule has 4 nitrogen and oxygen atoms in total. The van der Waals surface area contributed by atoms with Gasteiger partial charge in [-0.05, 0) is 18.6 Å². The topological polar surface area (TPSA) is 49.8 Å². The first kappa shape index (κ1) is 11.9. The number of hydrogen-bond donors (Lipinski definition) is 1. The number of aliphatic carboxylic acids is 1. The summed E-state index contributed by atoms with van der Waals surface area (Å²) in [7, 11) is 0. The van der Waals surface area contributed by atoms with E-state index >= 15 is 0 Å². The quantitative estimate of drug-likeness (QED) is 0.866. The number of aryl methyl sites for hydroxylation is 1. The van der Waals surface area contributed by atoms with Gasteiger partial charge >= 0.3 is 5.97 Å². The summed E-state index contributed by atoms with van der Waals surface area (Å²) in [4.78, 5) is 13.0.